The Morgan fingerprint density at radius 2 is 1.03 bits per heavy atom. The van der Waals surface area contributed by atoms with Crippen LogP contribution in [0.25, 0.3) is 0 Å². The number of hydrogen-bond donors (Lipinski definition) is 9. The van der Waals surface area contributed by atoms with Crippen LogP contribution < -0.4 is 43.0 Å². The van der Waals surface area contributed by atoms with Crippen molar-refractivity contribution >= 4 is 53.2 Å². The molecule has 6 atom stereocenters. The van der Waals surface area contributed by atoms with E-state index in [1.807, 2.05) is 13.8 Å². The van der Waals surface area contributed by atoms with Gasteiger partial charge in [-0.2, -0.15) is 0 Å². The van der Waals surface area contributed by atoms with Gasteiger partial charge in [0.25, 0.3) is 0 Å². The fourth-order valence-corrected chi connectivity index (χ4v) is 5.57. The monoisotopic (exact) mass is 820 g/mol. The van der Waals surface area contributed by atoms with E-state index in [1.165, 1.54) is 13.8 Å². The molecule has 2 aromatic carbocycles. The summed E-state index contributed by atoms with van der Waals surface area (Å²) in [7, 11) is 0. The highest BCUT2D eigenvalue weighted by atomic mass is 16.4. The number of carboxylic acids is 1. The van der Waals surface area contributed by atoms with Crippen molar-refractivity contribution in [2.75, 3.05) is 6.54 Å². The quantitative estimate of drug-likeness (QED) is 0.0640. The molecular weight excluding hydrogens is 764 g/mol. The van der Waals surface area contributed by atoms with Gasteiger partial charge in [-0.1, -0.05) is 88.4 Å². The van der Waals surface area contributed by atoms with Gasteiger partial charge in [-0.05, 0) is 43.2 Å². The van der Waals surface area contributed by atoms with Crippen molar-refractivity contribution in [2.45, 2.75) is 97.1 Å². The molecule has 2 aromatic rings. The number of nitrogens with two attached hydrogens (primary N) is 1. The Balaban J connectivity index is 1.98. The number of nitrogens with one attached hydrogen (secondary N) is 7. The largest absolute Gasteiger partial charge is 0.480 e. The third kappa shape index (κ3) is 18.0. The lowest BCUT2D eigenvalue weighted by Gasteiger charge is -2.27. The van der Waals surface area contributed by atoms with E-state index in [9.17, 15) is 48.3 Å². The zero-order valence-electron chi connectivity index (χ0n) is 34.1. The molecule has 8 amide bonds. The second-order valence-electron chi connectivity index (χ2n) is 14.7. The Labute approximate surface area is 343 Å². The van der Waals surface area contributed by atoms with Crippen LogP contribution >= 0.6 is 0 Å². The summed E-state index contributed by atoms with van der Waals surface area (Å²) in [5.74, 6) is -7.64. The molecule has 0 fully saturated rings. The second kappa shape index (κ2) is 24.2. The Morgan fingerprint density at radius 3 is 1.49 bits per heavy atom. The van der Waals surface area contributed by atoms with Crippen LogP contribution in [0.5, 0.6) is 0 Å². The van der Waals surface area contributed by atoms with E-state index >= 15 is 0 Å². The van der Waals surface area contributed by atoms with E-state index in [2.05, 4.69) is 37.2 Å². The van der Waals surface area contributed by atoms with Gasteiger partial charge in [0.2, 0.25) is 47.3 Å². The summed E-state index contributed by atoms with van der Waals surface area (Å²) in [6.45, 7) is 9.24. The maximum absolute atomic E-state index is 13.7. The first kappa shape index (κ1) is 48.6. The first-order valence-electron chi connectivity index (χ1n) is 19.1. The number of hydrogen-bond acceptors (Lipinski definition) is 9. The molecule has 0 unspecified atom stereocenters. The molecule has 0 aliphatic heterocycles. The SMILES string of the molecule is CC(C)C[C@H](NC(=O)[C@H](Cc1ccccc1)NC(=O)[C@H](C)NC(=O)/C=C/C(=O)N[C@@H](C)C(=O)NCC(=O)N[C@@H](Cc1ccccc1)C(=O)O)C(=O)N[C@H](C(N)=O)C(C)C. The molecule has 320 valence electrons. The van der Waals surface area contributed by atoms with Crippen molar-refractivity contribution < 1.29 is 48.3 Å². The summed E-state index contributed by atoms with van der Waals surface area (Å²) in [6.07, 6.45) is 1.92. The molecule has 0 radical (unpaired) electrons. The number of aliphatic carboxylic acids is 1. The summed E-state index contributed by atoms with van der Waals surface area (Å²) in [4.78, 5) is 114. The van der Waals surface area contributed by atoms with Gasteiger partial charge in [-0.15, -0.1) is 0 Å². The van der Waals surface area contributed by atoms with Crippen molar-refractivity contribution in [3.05, 3.63) is 83.9 Å². The number of benzene rings is 2. The molecule has 18 nitrogen and oxygen atoms in total. The Kier molecular flexibility index (Phi) is 20.0. The molecule has 18 heteroatoms. The number of carbonyl (C=O) groups excluding carboxylic acids is 8. The highest BCUT2D eigenvalue weighted by Gasteiger charge is 2.31. The Bertz CT molecular complexity index is 1820. The lowest BCUT2D eigenvalue weighted by atomic mass is 9.99. The average Bonchev–Trinajstić information content (AvgIpc) is 3.17. The number of primary amides is 1. The molecule has 0 saturated carbocycles. The van der Waals surface area contributed by atoms with Crippen LogP contribution in [0.2, 0.25) is 0 Å². The minimum absolute atomic E-state index is 0.0264. The van der Waals surface area contributed by atoms with Gasteiger partial charge in [0.05, 0.1) is 6.54 Å². The van der Waals surface area contributed by atoms with Gasteiger partial charge in [0.1, 0.15) is 36.3 Å². The lowest BCUT2D eigenvalue weighted by molar-refractivity contribution is -0.141. The molecule has 0 saturated heterocycles. The summed E-state index contributed by atoms with van der Waals surface area (Å²) in [5.41, 5.74) is 6.85. The number of carboxylic acid groups (broad SMARTS) is 1. The van der Waals surface area contributed by atoms with E-state index in [0.717, 1.165) is 12.2 Å². The third-order valence-electron chi connectivity index (χ3n) is 8.76. The molecule has 0 heterocycles. The maximum atomic E-state index is 13.7. The number of rotatable bonds is 23. The van der Waals surface area contributed by atoms with E-state index in [4.69, 9.17) is 5.73 Å². The van der Waals surface area contributed by atoms with Crippen molar-refractivity contribution in [2.24, 2.45) is 17.6 Å². The summed E-state index contributed by atoms with van der Waals surface area (Å²) < 4.78 is 0. The molecule has 0 spiro atoms. The minimum atomic E-state index is -1.26. The third-order valence-corrected chi connectivity index (χ3v) is 8.76. The number of carbonyl (C=O) groups is 9. The van der Waals surface area contributed by atoms with Gasteiger partial charge in [-0.25, -0.2) is 4.79 Å². The zero-order valence-corrected chi connectivity index (χ0v) is 34.1. The highest BCUT2D eigenvalue weighted by Crippen LogP contribution is 2.10. The van der Waals surface area contributed by atoms with Gasteiger partial charge in [0, 0.05) is 25.0 Å². The molecule has 10 N–H and O–H groups in total. The molecular formula is C41H56N8O10. The predicted octanol–water partition coefficient (Wildman–Crippen LogP) is -0.635. The molecule has 0 aromatic heterocycles. The molecule has 0 aliphatic carbocycles. The Hall–Kier alpha value is -6.59. The van der Waals surface area contributed by atoms with Gasteiger partial charge < -0.3 is 48.1 Å². The first-order valence-corrected chi connectivity index (χ1v) is 19.1. The fraction of sp³-hybridized carbons (Fsp3) is 0.439. The zero-order chi connectivity index (χ0) is 44.2. The summed E-state index contributed by atoms with van der Waals surface area (Å²) in [5, 5.41) is 26.8. The minimum Gasteiger partial charge on any atom is -0.480 e. The topological polar surface area (TPSA) is 284 Å². The molecule has 2 rings (SSSR count). The van der Waals surface area contributed by atoms with Crippen LogP contribution in [0.15, 0.2) is 72.8 Å². The van der Waals surface area contributed by atoms with Crippen molar-refractivity contribution in [1.82, 2.24) is 37.2 Å². The second-order valence-corrected chi connectivity index (χ2v) is 14.7. The molecule has 59 heavy (non-hydrogen) atoms. The summed E-state index contributed by atoms with van der Waals surface area (Å²) >= 11 is 0. The average molecular weight is 821 g/mol. The van der Waals surface area contributed by atoms with Crippen LogP contribution in [0.3, 0.4) is 0 Å². The van der Waals surface area contributed by atoms with E-state index in [0.29, 0.717) is 11.1 Å². The van der Waals surface area contributed by atoms with Gasteiger partial charge in [-0.3, -0.25) is 38.4 Å². The Morgan fingerprint density at radius 1 is 0.576 bits per heavy atom. The normalized spacial score (nSPS) is 14.1. The van der Waals surface area contributed by atoms with E-state index in [-0.39, 0.29) is 31.1 Å². The predicted molar refractivity (Wildman–Crippen MR) is 216 cm³/mol. The van der Waals surface area contributed by atoms with Crippen LogP contribution in [0, 0.1) is 11.8 Å². The van der Waals surface area contributed by atoms with Crippen molar-refractivity contribution in [1.29, 1.82) is 0 Å². The van der Waals surface area contributed by atoms with Crippen LogP contribution in [-0.4, -0.2) is 101 Å². The smallest absolute Gasteiger partial charge is 0.326 e. The van der Waals surface area contributed by atoms with E-state index < -0.39 is 96.0 Å². The highest BCUT2D eigenvalue weighted by molar-refractivity contribution is 6.00. The van der Waals surface area contributed by atoms with Crippen molar-refractivity contribution in [3.63, 3.8) is 0 Å². The van der Waals surface area contributed by atoms with Crippen LogP contribution in [-0.2, 0) is 56.0 Å². The number of amides is 8. The van der Waals surface area contributed by atoms with E-state index in [1.54, 1.807) is 74.5 Å². The fourth-order valence-electron chi connectivity index (χ4n) is 5.57. The van der Waals surface area contributed by atoms with Crippen molar-refractivity contribution in [3.8, 4) is 0 Å². The first-order chi connectivity index (χ1) is 27.8. The molecule has 0 bridgehead atoms. The van der Waals surface area contributed by atoms with Crippen LogP contribution in [0.1, 0.15) is 59.1 Å². The lowest BCUT2D eigenvalue weighted by Crippen LogP contribution is -2.59. The van der Waals surface area contributed by atoms with Gasteiger partial charge in [0.15, 0.2) is 0 Å². The van der Waals surface area contributed by atoms with Gasteiger partial charge >= 0.3 is 5.97 Å². The van der Waals surface area contributed by atoms with Crippen LogP contribution in [0.4, 0.5) is 0 Å². The maximum Gasteiger partial charge on any atom is 0.326 e. The summed E-state index contributed by atoms with van der Waals surface area (Å²) in [6, 6.07) is 10.6. The molecule has 0 aliphatic rings. The standard InChI is InChI=1S/C41H56N8O10/c1-23(2)19-29(40(57)49-35(24(3)4)36(42)53)48-39(56)30(20-27-13-9-7-10-14-27)47-38(55)26(6)45-33(51)18-17-32(50)44-25(5)37(54)43-22-34(52)46-31(41(58)59)21-28-15-11-8-12-16-28/h7-18,23-26,29-31,35H,19-22H2,1-6H3,(H2,42,53)(H,43,54)(H,44,50)(H,45,51)(H,46,52)(H,47,55)(H,48,56)(H,49,57)(H,58,59)/b18-17+/t25-,26-,29-,30-,31-,35-/m0/s1.